The van der Waals surface area contributed by atoms with Crippen molar-refractivity contribution in [2.24, 2.45) is 0 Å². The van der Waals surface area contributed by atoms with Crippen molar-refractivity contribution in [3.8, 4) is 11.1 Å². The fourth-order valence-corrected chi connectivity index (χ4v) is 2.50. The predicted octanol–water partition coefficient (Wildman–Crippen LogP) is 6.39. The molecule has 1 aromatic heterocycles. The van der Waals surface area contributed by atoms with Crippen molar-refractivity contribution >= 4 is 11.0 Å². The van der Waals surface area contributed by atoms with E-state index in [-0.39, 0.29) is 16.5 Å². The van der Waals surface area contributed by atoms with E-state index in [9.17, 15) is 26.3 Å². The van der Waals surface area contributed by atoms with Gasteiger partial charge in [-0.05, 0) is 23.8 Å². The minimum absolute atomic E-state index is 0.0608. The maximum atomic E-state index is 13.9. The van der Waals surface area contributed by atoms with Crippen molar-refractivity contribution in [3.63, 3.8) is 0 Å². The van der Waals surface area contributed by atoms with Crippen molar-refractivity contribution in [2.45, 2.75) is 18.8 Å². The van der Waals surface area contributed by atoms with Gasteiger partial charge < -0.3 is 4.42 Å². The van der Waals surface area contributed by atoms with Crippen LogP contribution in [0.1, 0.15) is 17.5 Å². The van der Waals surface area contributed by atoms with Gasteiger partial charge in [0.25, 0.3) is 6.43 Å². The number of hydrogen-bond donors (Lipinski definition) is 0. The molecule has 0 aliphatic rings. The first-order valence-electron chi connectivity index (χ1n) is 6.90. The monoisotopic (exact) mass is 344 g/mol. The Labute approximate surface area is 132 Å². The third kappa shape index (κ3) is 2.86. The van der Waals surface area contributed by atoms with Gasteiger partial charge in [0.05, 0.1) is 5.56 Å². The van der Waals surface area contributed by atoms with Gasteiger partial charge in [0.2, 0.25) is 6.17 Å². The standard InChI is InChI=1S/C17H10F6O/c18-14(16(19)20)15-13(9-4-2-1-3-5-9)11-8-10(17(21,22)23)6-7-12(11)24-15/h1-8,14,16H. The Bertz CT molecular complexity index is 851. The number of benzene rings is 2. The lowest BCUT2D eigenvalue weighted by Crippen LogP contribution is -2.04. The van der Waals surface area contributed by atoms with Gasteiger partial charge in [-0.3, -0.25) is 0 Å². The van der Waals surface area contributed by atoms with E-state index < -0.39 is 30.1 Å². The molecule has 0 amide bonds. The van der Waals surface area contributed by atoms with E-state index in [4.69, 9.17) is 4.42 Å². The zero-order valence-electron chi connectivity index (χ0n) is 11.9. The summed E-state index contributed by atoms with van der Waals surface area (Å²) >= 11 is 0. The lowest BCUT2D eigenvalue weighted by atomic mass is 9.99. The van der Waals surface area contributed by atoms with Gasteiger partial charge in [-0.15, -0.1) is 0 Å². The van der Waals surface area contributed by atoms with Crippen LogP contribution in [0.25, 0.3) is 22.1 Å². The first-order chi connectivity index (χ1) is 11.3. The van der Waals surface area contributed by atoms with Crippen molar-refractivity contribution in [2.75, 3.05) is 0 Å². The van der Waals surface area contributed by atoms with E-state index in [0.29, 0.717) is 5.56 Å². The highest BCUT2D eigenvalue weighted by Gasteiger charge is 2.34. The van der Waals surface area contributed by atoms with E-state index in [2.05, 4.69) is 0 Å². The molecule has 0 spiro atoms. The molecule has 0 saturated heterocycles. The molecule has 7 heteroatoms. The molecule has 0 saturated carbocycles. The van der Waals surface area contributed by atoms with E-state index in [1.807, 2.05) is 0 Å². The second-order valence-corrected chi connectivity index (χ2v) is 5.15. The van der Waals surface area contributed by atoms with Gasteiger partial charge in [-0.25, -0.2) is 13.2 Å². The number of furan rings is 1. The summed E-state index contributed by atoms with van der Waals surface area (Å²) in [4.78, 5) is 0. The van der Waals surface area contributed by atoms with Crippen molar-refractivity contribution in [3.05, 3.63) is 59.9 Å². The van der Waals surface area contributed by atoms with Crippen LogP contribution >= 0.6 is 0 Å². The maximum absolute atomic E-state index is 13.9. The van der Waals surface area contributed by atoms with Crippen LogP contribution in [0.4, 0.5) is 26.3 Å². The molecule has 0 bridgehead atoms. The fraction of sp³-hybridized carbons (Fsp3) is 0.176. The summed E-state index contributed by atoms with van der Waals surface area (Å²) in [5.41, 5.74) is -0.842. The molecule has 0 radical (unpaired) electrons. The molecule has 1 heterocycles. The second kappa shape index (κ2) is 5.89. The van der Waals surface area contributed by atoms with Gasteiger partial charge in [-0.2, -0.15) is 13.2 Å². The fourth-order valence-electron chi connectivity index (χ4n) is 2.50. The highest BCUT2D eigenvalue weighted by atomic mass is 19.4. The molecule has 3 rings (SSSR count). The minimum Gasteiger partial charge on any atom is -0.457 e. The lowest BCUT2D eigenvalue weighted by Gasteiger charge is -2.08. The summed E-state index contributed by atoms with van der Waals surface area (Å²) < 4.78 is 83.4. The SMILES string of the molecule is FC(F)C(F)c1oc2ccc(C(F)(F)F)cc2c1-c1ccccc1. The Kier molecular flexibility index (Phi) is 4.03. The summed E-state index contributed by atoms with van der Waals surface area (Å²) in [7, 11) is 0. The van der Waals surface area contributed by atoms with Crippen LogP contribution in [0.3, 0.4) is 0 Å². The van der Waals surface area contributed by atoms with Crippen LogP contribution in [-0.4, -0.2) is 6.43 Å². The van der Waals surface area contributed by atoms with Gasteiger partial charge in [0.15, 0.2) is 5.76 Å². The lowest BCUT2D eigenvalue weighted by molar-refractivity contribution is -0.137. The molecule has 0 N–H and O–H groups in total. The molecular formula is C17H10F6O. The van der Waals surface area contributed by atoms with Gasteiger partial charge >= 0.3 is 6.18 Å². The first-order valence-corrected chi connectivity index (χ1v) is 6.90. The third-order valence-electron chi connectivity index (χ3n) is 3.58. The molecule has 0 aliphatic heterocycles. The largest absolute Gasteiger partial charge is 0.457 e. The van der Waals surface area contributed by atoms with Crippen LogP contribution in [0.5, 0.6) is 0 Å². The van der Waals surface area contributed by atoms with Gasteiger partial charge in [0.1, 0.15) is 5.58 Å². The molecule has 1 atom stereocenters. The zero-order chi connectivity index (χ0) is 17.5. The molecule has 126 valence electrons. The maximum Gasteiger partial charge on any atom is 0.416 e. The molecule has 3 aromatic rings. The van der Waals surface area contributed by atoms with Crippen LogP contribution in [0.15, 0.2) is 52.9 Å². The van der Waals surface area contributed by atoms with Crippen LogP contribution in [0.2, 0.25) is 0 Å². The summed E-state index contributed by atoms with van der Waals surface area (Å²) in [6.45, 7) is 0. The number of rotatable bonds is 3. The number of halogens is 6. The highest BCUT2D eigenvalue weighted by molar-refractivity contribution is 5.96. The zero-order valence-corrected chi connectivity index (χ0v) is 11.9. The molecule has 0 fully saturated rings. The number of hydrogen-bond acceptors (Lipinski definition) is 1. The number of alkyl halides is 6. The average molecular weight is 344 g/mol. The second-order valence-electron chi connectivity index (χ2n) is 5.15. The predicted molar refractivity (Wildman–Crippen MR) is 76.5 cm³/mol. The molecule has 1 unspecified atom stereocenters. The third-order valence-corrected chi connectivity index (χ3v) is 3.58. The van der Waals surface area contributed by atoms with Crippen molar-refractivity contribution in [1.82, 2.24) is 0 Å². The van der Waals surface area contributed by atoms with Crippen LogP contribution in [0, 0.1) is 0 Å². The molecular weight excluding hydrogens is 334 g/mol. The van der Waals surface area contributed by atoms with Gasteiger partial charge in [0, 0.05) is 10.9 Å². The van der Waals surface area contributed by atoms with Crippen molar-refractivity contribution in [1.29, 1.82) is 0 Å². The Hall–Kier alpha value is -2.44. The Morgan fingerprint density at radius 1 is 0.875 bits per heavy atom. The summed E-state index contributed by atoms with van der Waals surface area (Å²) in [6.07, 6.45) is -10.7. The minimum atomic E-state index is -4.61. The topological polar surface area (TPSA) is 13.1 Å². The molecule has 24 heavy (non-hydrogen) atoms. The van der Waals surface area contributed by atoms with E-state index in [1.165, 1.54) is 12.1 Å². The normalized spacial score (nSPS) is 13.6. The van der Waals surface area contributed by atoms with Crippen molar-refractivity contribution < 1.29 is 30.8 Å². The highest BCUT2D eigenvalue weighted by Crippen LogP contribution is 2.43. The average Bonchev–Trinajstić information content (AvgIpc) is 2.92. The smallest absolute Gasteiger partial charge is 0.416 e. The van der Waals surface area contributed by atoms with E-state index in [0.717, 1.165) is 18.2 Å². The van der Waals surface area contributed by atoms with Gasteiger partial charge in [-0.1, -0.05) is 30.3 Å². The summed E-state index contributed by atoms with van der Waals surface area (Å²) in [5, 5.41) is -0.0608. The Morgan fingerprint density at radius 3 is 2.12 bits per heavy atom. The Morgan fingerprint density at radius 2 is 1.54 bits per heavy atom. The van der Waals surface area contributed by atoms with E-state index in [1.54, 1.807) is 18.2 Å². The molecule has 1 nitrogen and oxygen atoms in total. The number of fused-ring (bicyclic) bond motifs is 1. The van der Waals surface area contributed by atoms with Crippen LogP contribution in [-0.2, 0) is 6.18 Å². The Balaban J connectivity index is 2.31. The quantitative estimate of drug-likeness (QED) is 0.502. The van der Waals surface area contributed by atoms with Crippen LogP contribution < -0.4 is 0 Å². The summed E-state index contributed by atoms with van der Waals surface area (Å²) in [6, 6.07) is 10.3. The molecule has 2 aromatic carbocycles. The van der Waals surface area contributed by atoms with E-state index >= 15 is 0 Å². The first kappa shape index (κ1) is 16.4. The summed E-state index contributed by atoms with van der Waals surface area (Å²) in [5.74, 6) is -0.675. The molecule has 0 aliphatic carbocycles.